The molecule has 1 aromatic rings. The first kappa shape index (κ1) is 13.7. The van der Waals surface area contributed by atoms with Crippen molar-refractivity contribution in [1.82, 2.24) is 5.32 Å². The smallest absolute Gasteiger partial charge is 0.124 e. The van der Waals surface area contributed by atoms with Gasteiger partial charge in [0.15, 0.2) is 0 Å². The summed E-state index contributed by atoms with van der Waals surface area (Å²) in [6, 6.07) is 6.41. The fourth-order valence-corrected chi connectivity index (χ4v) is 1.81. The van der Waals surface area contributed by atoms with Crippen molar-refractivity contribution < 1.29 is 4.39 Å². The molecule has 0 unspecified atom stereocenters. The molecule has 0 fully saturated rings. The largest absolute Gasteiger partial charge is 0.312 e. The molecule has 0 atom stereocenters. The van der Waals surface area contributed by atoms with E-state index >= 15 is 0 Å². The normalized spacial score (nSPS) is 10.5. The van der Waals surface area contributed by atoms with Crippen molar-refractivity contribution >= 4 is 0 Å². The maximum absolute atomic E-state index is 13.2. The Balaban J connectivity index is 2.52. The zero-order chi connectivity index (χ0) is 12.7. The summed E-state index contributed by atoms with van der Waals surface area (Å²) in [6.45, 7) is 5.89. The topological polar surface area (TPSA) is 35.8 Å². The number of rotatable bonds is 6. The fraction of sp³-hybridized carbons (Fsp3) is 0.500. The van der Waals surface area contributed by atoms with E-state index in [2.05, 4.69) is 19.2 Å². The average Bonchev–Trinajstić information content (AvgIpc) is 2.34. The van der Waals surface area contributed by atoms with Crippen LogP contribution in [0, 0.1) is 23.1 Å². The molecular weight excluding hydrogens is 215 g/mol. The van der Waals surface area contributed by atoms with Gasteiger partial charge in [0, 0.05) is 6.54 Å². The number of nitrogens with one attached hydrogen (secondary N) is 1. The molecule has 1 rings (SSSR count). The molecule has 1 aromatic carbocycles. The first-order chi connectivity index (χ1) is 8.19. The summed E-state index contributed by atoms with van der Waals surface area (Å²) in [7, 11) is 0. The van der Waals surface area contributed by atoms with Crippen LogP contribution in [-0.2, 0) is 6.54 Å². The molecule has 2 nitrogen and oxygen atoms in total. The minimum atomic E-state index is -0.344. The van der Waals surface area contributed by atoms with E-state index < -0.39 is 0 Å². The second-order valence-electron chi connectivity index (χ2n) is 4.27. The van der Waals surface area contributed by atoms with E-state index in [1.165, 1.54) is 12.1 Å². The number of hydrogen-bond donors (Lipinski definition) is 1. The van der Waals surface area contributed by atoms with E-state index in [1.807, 2.05) is 6.07 Å². The van der Waals surface area contributed by atoms with Crippen LogP contribution in [0.3, 0.4) is 0 Å². The lowest BCUT2D eigenvalue weighted by Gasteiger charge is -2.13. The van der Waals surface area contributed by atoms with Crippen LogP contribution in [0.1, 0.15) is 37.8 Å². The van der Waals surface area contributed by atoms with Crippen LogP contribution in [0.2, 0.25) is 0 Å². The highest BCUT2D eigenvalue weighted by molar-refractivity contribution is 5.33. The zero-order valence-electron chi connectivity index (χ0n) is 10.5. The first-order valence-corrected chi connectivity index (χ1v) is 6.09. The molecule has 0 aliphatic carbocycles. The molecule has 0 saturated heterocycles. The van der Waals surface area contributed by atoms with Crippen LogP contribution in [0.25, 0.3) is 0 Å². The van der Waals surface area contributed by atoms with Crippen molar-refractivity contribution in [1.29, 1.82) is 5.26 Å². The molecule has 0 amide bonds. The monoisotopic (exact) mass is 234 g/mol. The number of hydrogen-bond acceptors (Lipinski definition) is 2. The predicted molar refractivity (Wildman–Crippen MR) is 66.9 cm³/mol. The molecule has 3 heteroatoms. The minimum Gasteiger partial charge on any atom is -0.312 e. The summed E-state index contributed by atoms with van der Waals surface area (Å²) < 4.78 is 13.2. The molecule has 0 aromatic heterocycles. The van der Waals surface area contributed by atoms with Crippen LogP contribution in [0.15, 0.2) is 18.2 Å². The molecule has 0 bridgehead atoms. The Bertz CT molecular complexity index is 392. The number of nitrogens with zero attached hydrogens (tertiary/aromatic N) is 1. The van der Waals surface area contributed by atoms with Gasteiger partial charge in [-0.15, -0.1) is 0 Å². The predicted octanol–water partition coefficient (Wildman–Crippen LogP) is 3.22. The number of benzene rings is 1. The third kappa shape index (κ3) is 4.54. The van der Waals surface area contributed by atoms with Gasteiger partial charge in [0.25, 0.3) is 0 Å². The van der Waals surface area contributed by atoms with Gasteiger partial charge in [0.05, 0.1) is 11.6 Å². The van der Waals surface area contributed by atoms with Crippen LogP contribution in [0.4, 0.5) is 4.39 Å². The Morgan fingerprint density at radius 1 is 1.29 bits per heavy atom. The standard InChI is InChI=1S/C14H19FN2/c1-3-11(4-2)9-17-10-13-5-12(8-16)6-14(15)7-13/h5-7,11,17H,3-4,9-10H2,1-2H3. The van der Waals surface area contributed by atoms with E-state index in [0.29, 0.717) is 18.0 Å². The lowest BCUT2D eigenvalue weighted by molar-refractivity contribution is 0.449. The fourth-order valence-electron chi connectivity index (χ4n) is 1.81. The minimum absolute atomic E-state index is 0.344. The summed E-state index contributed by atoms with van der Waals surface area (Å²) in [4.78, 5) is 0. The van der Waals surface area contributed by atoms with Crippen molar-refractivity contribution in [3.63, 3.8) is 0 Å². The summed E-state index contributed by atoms with van der Waals surface area (Å²) >= 11 is 0. The van der Waals surface area contributed by atoms with Gasteiger partial charge in [-0.25, -0.2) is 4.39 Å². The summed E-state index contributed by atoms with van der Waals surface area (Å²) in [6.07, 6.45) is 2.30. The highest BCUT2D eigenvalue weighted by atomic mass is 19.1. The zero-order valence-corrected chi connectivity index (χ0v) is 10.5. The third-order valence-electron chi connectivity index (χ3n) is 3.00. The molecule has 92 valence electrons. The molecular formula is C14H19FN2. The van der Waals surface area contributed by atoms with Gasteiger partial charge in [0.2, 0.25) is 0 Å². The third-order valence-corrected chi connectivity index (χ3v) is 3.00. The van der Waals surface area contributed by atoms with Gasteiger partial charge in [-0.1, -0.05) is 26.7 Å². The Hall–Kier alpha value is -1.40. The van der Waals surface area contributed by atoms with Gasteiger partial charge >= 0.3 is 0 Å². The molecule has 1 N–H and O–H groups in total. The Kier molecular flexibility index (Phi) is 5.65. The van der Waals surface area contributed by atoms with Crippen molar-refractivity contribution in [3.8, 4) is 6.07 Å². The van der Waals surface area contributed by atoms with Crippen LogP contribution in [0.5, 0.6) is 0 Å². The molecule has 0 aliphatic heterocycles. The molecule has 0 radical (unpaired) electrons. The van der Waals surface area contributed by atoms with Crippen LogP contribution in [-0.4, -0.2) is 6.54 Å². The highest BCUT2D eigenvalue weighted by Crippen LogP contribution is 2.09. The Morgan fingerprint density at radius 3 is 2.59 bits per heavy atom. The number of nitriles is 1. The summed E-state index contributed by atoms with van der Waals surface area (Å²) in [5.41, 5.74) is 1.21. The number of halogens is 1. The molecule has 0 heterocycles. The molecule has 0 aliphatic rings. The van der Waals surface area contributed by atoms with E-state index in [0.717, 1.165) is 24.9 Å². The second kappa shape index (κ2) is 7.03. The average molecular weight is 234 g/mol. The van der Waals surface area contributed by atoms with Gasteiger partial charge < -0.3 is 5.32 Å². The molecule has 17 heavy (non-hydrogen) atoms. The molecule has 0 spiro atoms. The van der Waals surface area contributed by atoms with Crippen LogP contribution < -0.4 is 5.32 Å². The first-order valence-electron chi connectivity index (χ1n) is 6.09. The highest BCUT2D eigenvalue weighted by Gasteiger charge is 2.04. The van der Waals surface area contributed by atoms with E-state index in [-0.39, 0.29) is 5.82 Å². The summed E-state index contributed by atoms with van der Waals surface area (Å²) in [5.74, 6) is 0.322. The maximum Gasteiger partial charge on any atom is 0.124 e. The van der Waals surface area contributed by atoms with Crippen LogP contribution >= 0.6 is 0 Å². The van der Waals surface area contributed by atoms with Crippen molar-refractivity contribution in [2.75, 3.05) is 6.54 Å². The SMILES string of the molecule is CCC(CC)CNCc1cc(F)cc(C#N)c1. The maximum atomic E-state index is 13.2. The van der Waals surface area contributed by atoms with E-state index in [1.54, 1.807) is 6.07 Å². The Morgan fingerprint density at radius 2 is 2.00 bits per heavy atom. The quantitative estimate of drug-likeness (QED) is 0.820. The Labute approximate surface area is 102 Å². The lowest BCUT2D eigenvalue weighted by Crippen LogP contribution is -2.21. The van der Waals surface area contributed by atoms with Gasteiger partial charge in [-0.3, -0.25) is 0 Å². The van der Waals surface area contributed by atoms with E-state index in [9.17, 15) is 4.39 Å². The van der Waals surface area contributed by atoms with Gasteiger partial charge in [-0.05, 0) is 36.2 Å². The van der Waals surface area contributed by atoms with Gasteiger partial charge in [0.1, 0.15) is 5.82 Å². The second-order valence-corrected chi connectivity index (χ2v) is 4.27. The van der Waals surface area contributed by atoms with Crippen molar-refractivity contribution in [2.45, 2.75) is 33.2 Å². The van der Waals surface area contributed by atoms with Crippen molar-refractivity contribution in [3.05, 3.63) is 35.1 Å². The van der Waals surface area contributed by atoms with E-state index in [4.69, 9.17) is 5.26 Å². The van der Waals surface area contributed by atoms with Gasteiger partial charge in [-0.2, -0.15) is 5.26 Å². The van der Waals surface area contributed by atoms with Crippen molar-refractivity contribution in [2.24, 2.45) is 5.92 Å². The molecule has 0 saturated carbocycles. The lowest BCUT2D eigenvalue weighted by atomic mass is 10.0. The summed E-state index contributed by atoms with van der Waals surface area (Å²) in [5, 5.41) is 12.0.